The van der Waals surface area contributed by atoms with E-state index in [-0.39, 0.29) is 38.6 Å². The Morgan fingerprint density at radius 2 is 1.12 bits per heavy atom. The molecule has 0 rings (SSSR count). The van der Waals surface area contributed by atoms with Crippen LogP contribution >= 0.6 is 7.82 Å². The molecule has 0 aromatic rings. The van der Waals surface area contributed by atoms with Gasteiger partial charge in [0.2, 0.25) is 0 Å². The number of allylic oxidation sites excluding steroid dienone is 3. The van der Waals surface area contributed by atoms with Crippen LogP contribution in [0.2, 0.25) is 0 Å². The van der Waals surface area contributed by atoms with Crippen molar-refractivity contribution in [1.82, 2.24) is 0 Å². The first-order valence-electron chi connectivity index (χ1n) is 19.3. The Kier molecular flexibility index (Phi) is 34.2. The molecule has 9 nitrogen and oxygen atoms in total. The van der Waals surface area contributed by atoms with E-state index < -0.39 is 26.5 Å². The van der Waals surface area contributed by atoms with Crippen molar-refractivity contribution < 1.29 is 37.6 Å². The topological polar surface area (TPSA) is 134 Å². The van der Waals surface area contributed by atoms with E-state index in [0.717, 1.165) is 64.2 Å². The van der Waals surface area contributed by atoms with Gasteiger partial charge < -0.3 is 20.1 Å². The SMILES string of the molecule is C=CCCCCCCCCCCCCCCCC(=O)OC[C@H](COP(=O)(O)OCCN)OC(=O)CCCCCCC/C=C/CCCCC. The van der Waals surface area contributed by atoms with Crippen LogP contribution in [0.3, 0.4) is 0 Å². The molecule has 0 fully saturated rings. The van der Waals surface area contributed by atoms with Crippen molar-refractivity contribution in [3.05, 3.63) is 24.8 Å². The average molecular weight is 702 g/mol. The van der Waals surface area contributed by atoms with Gasteiger partial charge in [0.1, 0.15) is 6.61 Å². The van der Waals surface area contributed by atoms with Crippen molar-refractivity contribution in [2.45, 2.75) is 180 Å². The Hall–Kier alpha value is -1.51. The van der Waals surface area contributed by atoms with Gasteiger partial charge in [0.15, 0.2) is 6.10 Å². The molecule has 0 aliphatic heterocycles. The lowest BCUT2D eigenvalue weighted by Gasteiger charge is -2.19. The van der Waals surface area contributed by atoms with E-state index in [4.69, 9.17) is 24.3 Å². The number of unbranched alkanes of at least 4 members (excludes halogenated alkanes) is 21. The summed E-state index contributed by atoms with van der Waals surface area (Å²) in [5.41, 5.74) is 5.33. The van der Waals surface area contributed by atoms with Gasteiger partial charge in [-0.2, -0.15) is 0 Å². The van der Waals surface area contributed by atoms with E-state index in [2.05, 4.69) is 25.7 Å². The predicted molar refractivity (Wildman–Crippen MR) is 197 cm³/mol. The highest BCUT2D eigenvalue weighted by atomic mass is 31.2. The fraction of sp³-hybridized carbons (Fsp3) is 0.842. The summed E-state index contributed by atoms with van der Waals surface area (Å²) >= 11 is 0. The highest BCUT2D eigenvalue weighted by Gasteiger charge is 2.25. The lowest BCUT2D eigenvalue weighted by atomic mass is 10.0. The summed E-state index contributed by atoms with van der Waals surface area (Å²) < 4.78 is 32.6. The molecule has 0 radical (unpaired) electrons. The molecule has 0 bridgehead atoms. The van der Waals surface area contributed by atoms with E-state index in [1.807, 2.05) is 6.08 Å². The summed E-state index contributed by atoms with van der Waals surface area (Å²) in [6.45, 7) is 5.20. The van der Waals surface area contributed by atoms with Gasteiger partial charge in [-0.25, -0.2) is 4.57 Å². The Balaban J connectivity index is 4.18. The van der Waals surface area contributed by atoms with E-state index in [0.29, 0.717) is 6.42 Å². The maximum atomic E-state index is 12.5. The van der Waals surface area contributed by atoms with E-state index in [9.17, 15) is 19.0 Å². The van der Waals surface area contributed by atoms with Crippen LogP contribution in [0.4, 0.5) is 0 Å². The molecular weight excluding hydrogens is 629 g/mol. The largest absolute Gasteiger partial charge is 0.472 e. The standard InChI is InChI=1S/C38H72NO8P/c1-3-5-7-9-11-13-15-17-18-19-21-22-24-26-28-30-37(40)44-34-36(35-46-48(42,43)45-33-32-39)47-38(41)31-29-27-25-23-20-16-14-12-10-8-6-4-2/h3,12,14,36H,1,4-11,13,15-35,39H2,2H3,(H,42,43)/b14-12+/t36-/m1/s1. The number of phosphoric ester groups is 1. The molecule has 0 saturated carbocycles. The highest BCUT2D eigenvalue weighted by molar-refractivity contribution is 7.47. The number of rotatable bonds is 37. The summed E-state index contributed by atoms with van der Waals surface area (Å²) in [5, 5.41) is 0. The molecule has 48 heavy (non-hydrogen) atoms. The molecule has 2 atom stereocenters. The second kappa shape index (κ2) is 35.3. The molecular formula is C38H72NO8P. The smallest absolute Gasteiger partial charge is 0.462 e. The molecule has 0 heterocycles. The van der Waals surface area contributed by atoms with Crippen LogP contribution in [0, 0.1) is 0 Å². The number of carbonyl (C=O) groups excluding carboxylic acids is 2. The van der Waals surface area contributed by atoms with E-state index in [1.54, 1.807) is 0 Å². The highest BCUT2D eigenvalue weighted by Crippen LogP contribution is 2.43. The van der Waals surface area contributed by atoms with Crippen LogP contribution in [-0.4, -0.2) is 49.3 Å². The van der Waals surface area contributed by atoms with Crippen molar-refractivity contribution in [1.29, 1.82) is 0 Å². The Morgan fingerprint density at radius 1 is 0.667 bits per heavy atom. The lowest BCUT2D eigenvalue weighted by Crippen LogP contribution is -2.29. The van der Waals surface area contributed by atoms with Crippen molar-refractivity contribution in [2.75, 3.05) is 26.4 Å². The molecule has 0 spiro atoms. The molecule has 0 aromatic heterocycles. The second-order valence-electron chi connectivity index (χ2n) is 12.9. The number of esters is 2. The molecule has 1 unspecified atom stereocenters. The fourth-order valence-corrected chi connectivity index (χ4v) is 6.08. The minimum absolute atomic E-state index is 0.0524. The van der Waals surface area contributed by atoms with Crippen molar-refractivity contribution in [3.63, 3.8) is 0 Å². The third-order valence-electron chi connectivity index (χ3n) is 8.21. The number of carbonyl (C=O) groups is 2. The third kappa shape index (κ3) is 34.4. The van der Waals surface area contributed by atoms with Crippen molar-refractivity contribution in [2.24, 2.45) is 5.73 Å². The van der Waals surface area contributed by atoms with E-state index in [1.165, 1.54) is 83.5 Å². The minimum Gasteiger partial charge on any atom is -0.462 e. The van der Waals surface area contributed by atoms with Gasteiger partial charge in [0.25, 0.3) is 0 Å². The first-order valence-corrected chi connectivity index (χ1v) is 20.8. The van der Waals surface area contributed by atoms with Crippen LogP contribution in [0.25, 0.3) is 0 Å². The summed E-state index contributed by atoms with van der Waals surface area (Å²) in [4.78, 5) is 34.7. The van der Waals surface area contributed by atoms with Gasteiger partial charge >= 0.3 is 19.8 Å². The average Bonchev–Trinajstić information content (AvgIpc) is 3.07. The van der Waals surface area contributed by atoms with Crippen LogP contribution in [0.5, 0.6) is 0 Å². The van der Waals surface area contributed by atoms with Gasteiger partial charge in [0.05, 0.1) is 13.2 Å². The number of hydrogen-bond donors (Lipinski definition) is 2. The Bertz CT molecular complexity index is 838. The molecule has 3 N–H and O–H groups in total. The number of nitrogens with two attached hydrogens (primary N) is 1. The first-order chi connectivity index (χ1) is 23.3. The summed E-state index contributed by atoms with van der Waals surface area (Å²) in [6.07, 6.45) is 33.8. The zero-order valence-corrected chi connectivity index (χ0v) is 31.5. The molecule has 0 aliphatic carbocycles. The van der Waals surface area contributed by atoms with Crippen molar-refractivity contribution in [3.8, 4) is 0 Å². The first kappa shape index (κ1) is 46.5. The molecule has 0 aromatic carbocycles. The summed E-state index contributed by atoms with van der Waals surface area (Å²) in [6, 6.07) is 0. The number of phosphoric acid groups is 1. The van der Waals surface area contributed by atoms with Gasteiger partial charge in [-0.1, -0.05) is 128 Å². The van der Waals surface area contributed by atoms with E-state index >= 15 is 0 Å². The fourth-order valence-electron chi connectivity index (χ4n) is 5.31. The Morgan fingerprint density at radius 3 is 1.62 bits per heavy atom. The second-order valence-corrected chi connectivity index (χ2v) is 14.3. The van der Waals surface area contributed by atoms with Gasteiger partial charge in [-0.05, 0) is 51.4 Å². The minimum atomic E-state index is -4.37. The third-order valence-corrected chi connectivity index (χ3v) is 9.19. The Labute approximate surface area is 293 Å². The maximum Gasteiger partial charge on any atom is 0.472 e. The summed E-state index contributed by atoms with van der Waals surface area (Å²) in [7, 11) is -4.37. The molecule has 0 aliphatic rings. The van der Waals surface area contributed by atoms with Gasteiger partial charge in [-0.15, -0.1) is 6.58 Å². The van der Waals surface area contributed by atoms with Crippen LogP contribution in [0.15, 0.2) is 24.8 Å². The lowest BCUT2D eigenvalue weighted by molar-refractivity contribution is -0.161. The van der Waals surface area contributed by atoms with Gasteiger partial charge in [0, 0.05) is 19.4 Å². The van der Waals surface area contributed by atoms with Gasteiger partial charge in [-0.3, -0.25) is 18.6 Å². The maximum absolute atomic E-state index is 12.5. The molecule has 10 heteroatoms. The van der Waals surface area contributed by atoms with Crippen molar-refractivity contribution >= 4 is 19.8 Å². The monoisotopic (exact) mass is 701 g/mol. The number of hydrogen-bond acceptors (Lipinski definition) is 8. The zero-order chi connectivity index (χ0) is 35.4. The van der Waals surface area contributed by atoms with Crippen LogP contribution in [0.1, 0.15) is 174 Å². The van der Waals surface area contributed by atoms with Crippen LogP contribution in [-0.2, 0) is 32.7 Å². The van der Waals surface area contributed by atoms with Crippen LogP contribution < -0.4 is 5.73 Å². The summed E-state index contributed by atoms with van der Waals surface area (Å²) in [5.74, 6) is -0.840. The zero-order valence-electron chi connectivity index (χ0n) is 30.6. The molecule has 282 valence electrons. The number of ether oxygens (including phenoxy) is 2. The molecule has 0 saturated heterocycles. The molecule has 0 amide bonds. The quantitative estimate of drug-likeness (QED) is 0.0281. The predicted octanol–water partition coefficient (Wildman–Crippen LogP) is 10.4. The normalized spacial score (nSPS) is 13.4.